The van der Waals surface area contributed by atoms with E-state index in [9.17, 15) is 4.79 Å². The van der Waals surface area contributed by atoms with Gasteiger partial charge in [0.25, 0.3) is 5.91 Å². The third-order valence-corrected chi connectivity index (χ3v) is 6.84. The second kappa shape index (κ2) is 12.8. The Bertz CT molecular complexity index is 771. The number of carbonyl (C=O) groups excluding carboxylic acids is 1. The van der Waals surface area contributed by atoms with Crippen molar-refractivity contribution in [1.82, 2.24) is 20.0 Å². The fraction of sp³-hybridized carbons (Fsp3) is 0.667. The van der Waals surface area contributed by atoms with E-state index in [0.29, 0.717) is 25.7 Å². The van der Waals surface area contributed by atoms with E-state index in [0.717, 1.165) is 57.3 Å². The van der Waals surface area contributed by atoms with E-state index in [1.165, 1.54) is 18.4 Å². The van der Waals surface area contributed by atoms with Crippen LogP contribution in [0.5, 0.6) is 5.75 Å². The van der Waals surface area contributed by atoms with Crippen molar-refractivity contribution in [3.8, 4) is 5.75 Å². The zero-order valence-electron chi connectivity index (χ0n) is 19.9. The SMILES string of the molecule is CN=C(NCC(c1ccc(OC)cc1)N1CCCC1)N1CCN(C(=O)C2CCCO2)CC1.I. The van der Waals surface area contributed by atoms with Crippen LogP contribution in [-0.2, 0) is 9.53 Å². The van der Waals surface area contributed by atoms with Gasteiger partial charge in [0.2, 0.25) is 0 Å². The first-order chi connectivity index (χ1) is 15.7. The molecule has 3 aliphatic heterocycles. The van der Waals surface area contributed by atoms with Crippen LogP contribution in [-0.4, -0.2) is 99.2 Å². The van der Waals surface area contributed by atoms with Gasteiger partial charge in [0, 0.05) is 46.4 Å². The predicted octanol–water partition coefficient (Wildman–Crippen LogP) is 2.35. The van der Waals surface area contributed by atoms with Gasteiger partial charge in [-0.2, -0.15) is 0 Å². The fourth-order valence-electron chi connectivity index (χ4n) is 4.97. The number of methoxy groups -OCH3 is 1. The molecule has 8 nitrogen and oxygen atoms in total. The second-order valence-corrected chi connectivity index (χ2v) is 8.77. The van der Waals surface area contributed by atoms with E-state index in [2.05, 4.69) is 32.2 Å². The number of aliphatic imine (C=N–C) groups is 1. The minimum atomic E-state index is -0.232. The molecule has 4 rings (SSSR count). The summed E-state index contributed by atoms with van der Waals surface area (Å²) < 4.78 is 10.9. The zero-order valence-corrected chi connectivity index (χ0v) is 22.2. The Morgan fingerprint density at radius 3 is 2.33 bits per heavy atom. The average Bonchev–Trinajstić information content (AvgIpc) is 3.57. The number of amides is 1. The van der Waals surface area contributed by atoms with Crippen molar-refractivity contribution in [2.45, 2.75) is 37.8 Å². The van der Waals surface area contributed by atoms with Gasteiger partial charge < -0.3 is 24.6 Å². The molecule has 0 aromatic heterocycles. The first kappa shape index (κ1) is 26.0. The van der Waals surface area contributed by atoms with Crippen LogP contribution in [0.25, 0.3) is 0 Å². The van der Waals surface area contributed by atoms with Crippen molar-refractivity contribution in [1.29, 1.82) is 0 Å². The average molecular weight is 572 g/mol. The van der Waals surface area contributed by atoms with E-state index in [-0.39, 0.29) is 36.0 Å². The number of benzene rings is 1. The number of guanidine groups is 1. The van der Waals surface area contributed by atoms with Crippen LogP contribution in [0, 0.1) is 0 Å². The maximum atomic E-state index is 12.6. The van der Waals surface area contributed by atoms with Gasteiger partial charge in [-0.1, -0.05) is 12.1 Å². The molecule has 1 aromatic rings. The number of ether oxygens (including phenoxy) is 2. The van der Waals surface area contributed by atoms with Crippen LogP contribution in [0.4, 0.5) is 0 Å². The number of hydrogen-bond donors (Lipinski definition) is 1. The molecule has 3 aliphatic rings. The van der Waals surface area contributed by atoms with E-state index >= 15 is 0 Å². The number of halogens is 1. The van der Waals surface area contributed by atoms with Crippen LogP contribution in [0.2, 0.25) is 0 Å². The highest BCUT2D eigenvalue weighted by atomic mass is 127. The van der Waals surface area contributed by atoms with E-state index in [1.807, 2.05) is 24.1 Å². The van der Waals surface area contributed by atoms with E-state index < -0.39 is 0 Å². The van der Waals surface area contributed by atoms with Crippen molar-refractivity contribution >= 4 is 35.8 Å². The number of carbonyl (C=O) groups is 1. The monoisotopic (exact) mass is 571 g/mol. The normalized spacial score (nSPS) is 22.7. The zero-order chi connectivity index (χ0) is 22.3. The standard InChI is InChI=1S/C24H37N5O3.HI/c1-25-24(29-15-13-28(14-16-29)23(30)22-6-5-17-32-22)26-18-21(27-11-3-4-12-27)19-7-9-20(31-2)10-8-19;/h7-10,21-22H,3-6,11-18H2,1-2H3,(H,25,26);1H. The Kier molecular flexibility index (Phi) is 10.1. The molecule has 3 saturated heterocycles. The van der Waals surface area contributed by atoms with Gasteiger partial charge >= 0.3 is 0 Å². The Morgan fingerprint density at radius 1 is 1.09 bits per heavy atom. The lowest BCUT2D eigenvalue weighted by Gasteiger charge is -2.38. The van der Waals surface area contributed by atoms with E-state index in [4.69, 9.17) is 9.47 Å². The number of rotatable bonds is 6. The molecular formula is C24H38IN5O3. The number of hydrogen-bond acceptors (Lipinski definition) is 5. The smallest absolute Gasteiger partial charge is 0.251 e. The predicted molar refractivity (Wildman–Crippen MR) is 140 cm³/mol. The topological polar surface area (TPSA) is 69.6 Å². The Hall–Kier alpha value is -1.59. The third-order valence-electron chi connectivity index (χ3n) is 6.84. The lowest BCUT2D eigenvalue weighted by molar-refractivity contribution is -0.142. The molecule has 1 N–H and O–H groups in total. The molecular weight excluding hydrogens is 533 g/mol. The van der Waals surface area contributed by atoms with Crippen molar-refractivity contribution in [2.75, 3.05) is 66.6 Å². The van der Waals surface area contributed by atoms with Gasteiger partial charge in [-0.3, -0.25) is 14.7 Å². The van der Waals surface area contributed by atoms with Gasteiger partial charge in [0.15, 0.2) is 5.96 Å². The molecule has 0 aliphatic carbocycles. The third kappa shape index (κ3) is 6.51. The highest BCUT2D eigenvalue weighted by molar-refractivity contribution is 14.0. The summed E-state index contributed by atoms with van der Waals surface area (Å²) in [4.78, 5) is 23.9. The lowest BCUT2D eigenvalue weighted by atomic mass is 10.1. The minimum absolute atomic E-state index is 0. The van der Waals surface area contributed by atoms with Crippen molar-refractivity contribution in [3.05, 3.63) is 29.8 Å². The molecule has 0 bridgehead atoms. The van der Waals surface area contributed by atoms with Gasteiger partial charge in [0.1, 0.15) is 11.9 Å². The Morgan fingerprint density at radius 2 is 1.76 bits per heavy atom. The molecule has 9 heteroatoms. The molecule has 3 fully saturated rings. The van der Waals surface area contributed by atoms with Crippen LogP contribution < -0.4 is 10.1 Å². The van der Waals surface area contributed by atoms with Gasteiger partial charge in [-0.05, 0) is 56.5 Å². The molecule has 184 valence electrons. The first-order valence-corrected chi connectivity index (χ1v) is 11.9. The second-order valence-electron chi connectivity index (χ2n) is 8.77. The summed E-state index contributed by atoms with van der Waals surface area (Å²) in [7, 11) is 3.54. The maximum Gasteiger partial charge on any atom is 0.251 e. The highest BCUT2D eigenvalue weighted by Crippen LogP contribution is 2.26. The van der Waals surface area contributed by atoms with Crippen LogP contribution >= 0.6 is 24.0 Å². The van der Waals surface area contributed by atoms with Gasteiger partial charge in [-0.25, -0.2) is 0 Å². The molecule has 1 aromatic carbocycles. The number of piperazine rings is 1. The van der Waals surface area contributed by atoms with Gasteiger partial charge in [0.05, 0.1) is 13.2 Å². The molecule has 1 amide bonds. The van der Waals surface area contributed by atoms with Crippen LogP contribution in [0.15, 0.2) is 29.3 Å². The molecule has 0 saturated carbocycles. The molecule has 3 heterocycles. The first-order valence-electron chi connectivity index (χ1n) is 11.9. The quantitative estimate of drug-likeness (QED) is 0.322. The summed E-state index contributed by atoms with van der Waals surface area (Å²) in [5, 5.41) is 3.62. The summed E-state index contributed by atoms with van der Waals surface area (Å²) in [6.07, 6.45) is 4.11. The number of likely N-dealkylation sites (tertiary alicyclic amines) is 1. The summed E-state index contributed by atoms with van der Waals surface area (Å²) in [5.41, 5.74) is 1.29. The van der Waals surface area contributed by atoms with E-state index in [1.54, 1.807) is 7.11 Å². The molecule has 33 heavy (non-hydrogen) atoms. The molecule has 2 unspecified atom stereocenters. The molecule has 0 spiro atoms. The Balaban J connectivity index is 0.00000306. The highest BCUT2D eigenvalue weighted by Gasteiger charge is 2.31. The summed E-state index contributed by atoms with van der Waals surface area (Å²) in [6, 6.07) is 8.71. The summed E-state index contributed by atoms with van der Waals surface area (Å²) in [6.45, 7) is 6.76. The summed E-state index contributed by atoms with van der Waals surface area (Å²) in [5.74, 6) is 1.94. The van der Waals surface area contributed by atoms with Crippen molar-refractivity contribution in [2.24, 2.45) is 4.99 Å². The lowest BCUT2D eigenvalue weighted by Crippen LogP contribution is -2.55. The molecule has 0 radical (unpaired) electrons. The van der Waals surface area contributed by atoms with Gasteiger partial charge in [-0.15, -0.1) is 24.0 Å². The number of nitrogens with zero attached hydrogens (tertiary/aromatic N) is 4. The van der Waals surface area contributed by atoms with Crippen LogP contribution in [0.3, 0.4) is 0 Å². The minimum Gasteiger partial charge on any atom is -0.497 e. The van der Waals surface area contributed by atoms with Crippen LogP contribution in [0.1, 0.15) is 37.3 Å². The van der Waals surface area contributed by atoms with Crippen molar-refractivity contribution in [3.63, 3.8) is 0 Å². The maximum absolute atomic E-state index is 12.6. The number of nitrogens with one attached hydrogen (secondary N) is 1. The summed E-state index contributed by atoms with van der Waals surface area (Å²) >= 11 is 0. The fourth-order valence-corrected chi connectivity index (χ4v) is 4.97. The Labute approximate surface area is 214 Å². The van der Waals surface area contributed by atoms with Crippen molar-refractivity contribution < 1.29 is 14.3 Å². The largest absolute Gasteiger partial charge is 0.497 e. The molecule has 2 atom stereocenters.